The molecule has 4 aromatic carbocycles. The van der Waals surface area contributed by atoms with Crippen LogP contribution in [0.25, 0.3) is 0 Å². The summed E-state index contributed by atoms with van der Waals surface area (Å²) in [5.74, 6) is -2.06. The van der Waals surface area contributed by atoms with Crippen molar-refractivity contribution in [2.24, 2.45) is 0 Å². The molecule has 0 fully saturated rings. The van der Waals surface area contributed by atoms with Gasteiger partial charge in [-0.15, -0.1) is 0 Å². The van der Waals surface area contributed by atoms with Gasteiger partial charge in [0.25, 0.3) is 0 Å². The zero-order chi connectivity index (χ0) is 27.3. The van der Waals surface area contributed by atoms with Crippen LogP contribution in [0.2, 0.25) is 0 Å². The second kappa shape index (κ2) is 10.9. The van der Waals surface area contributed by atoms with Crippen molar-refractivity contribution in [3.63, 3.8) is 0 Å². The number of phenolic OH excluding ortho intramolecular Hbond substituents is 1. The molecule has 0 radical (unpaired) electrons. The number of halogens is 3. The van der Waals surface area contributed by atoms with Gasteiger partial charge >= 0.3 is 24.1 Å². The molecule has 192 valence electrons. The van der Waals surface area contributed by atoms with E-state index in [1.54, 1.807) is 0 Å². The van der Waals surface area contributed by atoms with Crippen molar-refractivity contribution in [3.05, 3.63) is 119 Å². The fourth-order valence-electron chi connectivity index (χ4n) is 3.16. The maximum Gasteiger partial charge on any atom is 0.416 e. The number of esters is 3. The summed E-state index contributed by atoms with van der Waals surface area (Å²) >= 11 is 0. The third-order valence-electron chi connectivity index (χ3n) is 5.07. The number of carbonyl (C=O) groups excluding carboxylic acids is 3. The first-order valence-electron chi connectivity index (χ1n) is 10.9. The van der Waals surface area contributed by atoms with Crippen molar-refractivity contribution in [2.45, 2.75) is 6.18 Å². The minimum Gasteiger partial charge on any atom is -0.508 e. The number of benzene rings is 4. The first-order chi connectivity index (χ1) is 18.1. The number of alkyl halides is 3. The zero-order valence-electron chi connectivity index (χ0n) is 19.3. The van der Waals surface area contributed by atoms with Crippen LogP contribution >= 0.6 is 0 Å². The number of hydrogen-bond donors (Lipinski definition) is 1. The second-order valence-electron chi connectivity index (χ2n) is 7.79. The molecular weight excluding hydrogens is 505 g/mol. The monoisotopic (exact) mass is 522 g/mol. The molecule has 0 saturated heterocycles. The summed E-state index contributed by atoms with van der Waals surface area (Å²) in [6.45, 7) is 0. The summed E-state index contributed by atoms with van der Waals surface area (Å²) in [7, 11) is 0. The lowest BCUT2D eigenvalue weighted by molar-refractivity contribution is -0.137. The summed E-state index contributed by atoms with van der Waals surface area (Å²) in [5, 5.41) is 9.31. The molecule has 0 aliphatic carbocycles. The quantitative estimate of drug-likeness (QED) is 0.242. The Morgan fingerprint density at radius 2 is 0.947 bits per heavy atom. The molecule has 0 saturated carbocycles. The Morgan fingerprint density at radius 1 is 0.553 bits per heavy atom. The van der Waals surface area contributed by atoms with Crippen molar-refractivity contribution >= 4 is 17.9 Å². The van der Waals surface area contributed by atoms with Gasteiger partial charge in [-0.25, -0.2) is 14.4 Å². The molecule has 0 aliphatic heterocycles. The molecule has 1 N–H and O–H groups in total. The van der Waals surface area contributed by atoms with Gasteiger partial charge in [-0.3, -0.25) is 0 Å². The molecule has 4 rings (SSSR count). The van der Waals surface area contributed by atoms with Crippen LogP contribution < -0.4 is 14.2 Å². The zero-order valence-corrected chi connectivity index (χ0v) is 19.3. The van der Waals surface area contributed by atoms with E-state index in [0.29, 0.717) is 0 Å². The van der Waals surface area contributed by atoms with Crippen molar-refractivity contribution in [2.75, 3.05) is 0 Å². The Bertz CT molecular complexity index is 1460. The van der Waals surface area contributed by atoms with E-state index in [-0.39, 0.29) is 39.7 Å². The normalized spacial score (nSPS) is 10.9. The molecule has 0 aromatic heterocycles. The maximum absolute atomic E-state index is 12.7. The van der Waals surface area contributed by atoms with Crippen molar-refractivity contribution in [1.29, 1.82) is 0 Å². The highest BCUT2D eigenvalue weighted by Crippen LogP contribution is 2.30. The lowest BCUT2D eigenvalue weighted by atomic mass is 10.1. The molecule has 10 heteroatoms. The van der Waals surface area contributed by atoms with Crippen LogP contribution in [-0.4, -0.2) is 23.0 Å². The van der Waals surface area contributed by atoms with Crippen molar-refractivity contribution in [3.8, 4) is 23.0 Å². The molecule has 38 heavy (non-hydrogen) atoms. The van der Waals surface area contributed by atoms with E-state index in [0.717, 1.165) is 24.3 Å². The van der Waals surface area contributed by atoms with Gasteiger partial charge in [0.2, 0.25) is 0 Å². The summed E-state index contributed by atoms with van der Waals surface area (Å²) in [4.78, 5) is 37.3. The maximum atomic E-state index is 12.7. The molecule has 0 heterocycles. The number of ether oxygens (including phenoxy) is 3. The fourth-order valence-corrected chi connectivity index (χ4v) is 3.16. The highest BCUT2D eigenvalue weighted by molar-refractivity contribution is 5.97. The number of rotatable bonds is 6. The summed E-state index contributed by atoms with van der Waals surface area (Å²) in [5.41, 5.74) is -0.642. The van der Waals surface area contributed by atoms with Gasteiger partial charge in [-0.1, -0.05) is 6.07 Å². The van der Waals surface area contributed by atoms with Gasteiger partial charge in [0.15, 0.2) is 0 Å². The largest absolute Gasteiger partial charge is 0.508 e. The Balaban J connectivity index is 1.37. The lowest BCUT2D eigenvalue weighted by Crippen LogP contribution is -2.13. The molecule has 0 amide bonds. The van der Waals surface area contributed by atoms with Gasteiger partial charge < -0.3 is 19.3 Å². The van der Waals surface area contributed by atoms with Crippen LogP contribution in [0.3, 0.4) is 0 Å². The average Bonchev–Trinajstić information content (AvgIpc) is 2.90. The molecule has 0 atom stereocenters. The van der Waals surface area contributed by atoms with E-state index in [1.165, 1.54) is 72.8 Å². The van der Waals surface area contributed by atoms with Gasteiger partial charge in [0.1, 0.15) is 23.0 Å². The summed E-state index contributed by atoms with van der Waals surface area (Å²) < 4.78 is 53.5. The average molecular weight is 522 g/mol. The van der Waals surface area contributed by atoms with Gasteiger partial charge in [-0.05, 0) is 91.0 Å². The highest BCUT2D eigenvalue weighted by Gasteiger charge is 2.30. The van der Waals surface area contributed by atoms with Gasteiger partial charge in [-0.2, -0.15) is 13.2 Å². The topological polar surface area (TPSA) is 99.1 Å². The van der Waals surface area contributed by atoms with Crippen LogP contribution in [0.4, 0.5) is 13.2 Å². The van der Waals surface area contributed by atoms with Crippen LogP contribution in [0.1, 0.15) is 36.6 Å². The SMILES string of the molecule is O=C(Oc1ccc(C(F)(F)F)cc1)c1ccc(OC(=O)c2cccc(C(=O)Oc3ccc(O)cc3)c2)cc1. The predicted molar refractivity (Wildman–Crippen MR) is 127 cm³/mol. The highest BCUT2D eigenvalue weighted by atomic mass is 19.4. The Morgan fingerprint density at radius 3 is 1.39 bits per heavy atom. The minimum absolute atomic E-state index is 0.0126. The predicted octanol–water partition coefficient (Wildman–Crippen LogP) is 6.07. The van der Waals surface area contributed by atoms with E-state index >= 15 is 0 Å². The molecule has 0 bridgehead atoms. The number of carbonyl (C=O) groups is 3. The van der Waals surface area contributed by atoms with Crippen molar-refractivity contribution in [1.82, 2.24) is 0 Å². The van der Waals surface area contributed by atoms with Gasteiger partial charge in [0, 0.05) is 0 Å². The Labute approximate surface area is 213 Å². The molecule has 4 aromatic rings. The first kappa shape index (κ1) is 26.0. The molecule has 0 unspecified atom stereocenters. The van der Waals surface area contributed by atoms with Gasteiger partial charge in [0.05, 0.1) is 22.3 Å². The van der Waals surface area contributed by atoms with Crippen LogP contribution in [0.15, 0.2) is 97.1 Å². The first-order valence-corrected chi connectivity index (χ1v) is 10.9. The fraction of sp³-hybridized carbons (Fsp3) is 0.0357. The van der Waals surface area contributed by atoms with Crippen LogP contribution in [0.5, 0.6) is 23.0 Å². The van der Waals surface area contributed by atoms with E-state index in [1.807, 2.05) is 0 Å². The smallest absolute Gasteiger partial charge is 0.416 e. The third-order valence-corrected chi connectivity index (χ3v) is 5.07. The van der Waals surface area contributed by atoms with E-state index in [9.17, 15) is 32.7 Å². The lowest BCUT2D eigenvalue weighted by Gasteiger charge is -2.09. The standard InChI is InChI=1S/C28H17F3O7/c29-28(30,31)20-6-12-23(13-7-20)36-25(33)17-4-10-22(11-5-17)37-26(34)18-2-1-3-19(16-18)27(35)38-24-14-8-21(32)9-15-24/h1-16,32H. The summed E-state index contributed by atoms with van der Waals surface area (Å²) in [6.07, 6.45) is -4.51. The van der Waals surface area contributed by atoms with E-state index in [4.69, 9.17) is 14.2 Å². The van der Waals surface area contributed by atoms with Crippen molar-refractivity contribution < 1.29 is 46.9 Å². The molecular formula is C28H17F3O7. The summed E-state index contributed by atoms with van der Waals surface area (Å²) in [6, 6.07) is 20.2. The minimum atomic E-state index is -4.51. The Hall–Kier alpha value is -5.12. The number of phenols is 1. The van der Waals surface area contributed by atoms with E-state index < -0.39 is 29.6 Å². The van der Waals surface area contributed by atoms with Crippen LogP contribution in [0, 0.1) is 0 Å². The third kappa shape index (κ3) is 6.55. The number of aromatic hydroxyl groups is 1. The molecule has 7 nitrogen and oxygen atoms in total. The molecule has 0 aliphatic rings. The second-order valence-corrected chi connectivity index (χ2v) is 7.79. The van der Waals surface area contributed by atoms with Crippen LogP contribution in [-0.2, 0) is 6.18 Å². The van der Waals surface area contributed by atoms with E-state index in [2.05, 4.69) is 0 Å². The Kier molecular flexibility index (Phi) is 7.43. The number of hydrogen-bond acceptors (Lipinski definition) is 7. The molecule has 0 spiro atoms.